The normalized spacial score (nSPS) is 18.5. The van der Waals surface area contributed by atoms with Gasteiger partial charge in [0.25, 0.3) is 0 Å². The van der Waals surface area contributed by atoms with E-state index >= 15 is 0 Å². The standard InChI is InChI=1S/C18H26N4OS/c1-14(2)18-21-20-17-9-8-15(13-22(17)18)12-19-10-11-24(23)16-6-4-3-5-7-16/h3-7,14-15,19H,8-13H2,1-2H3/t15-,24+/m1/s1. The van der Waals surface area contributed by atoms with Crippen molar-refractivity contribution < 1.29 is 4.21 Å². The van der Waals surface area contributed by atoms with Crippen LogP contribution in [-0.4, -0.2) is 37.8 Å². The molecule has 0 spiro atoms. The first-order chi connectivity index (χ1) is 11.6. The van der Waals surface area contributed by atoms with E-state index in [2.05, 4.69) is 33.9 Å². The van der Waals surface area contributed by atoms with Crippen molar-refractivity contribution in [2.24, 2.45) is 5.92 Å². The average Bonchev–Trinajstić information content (AvgIpc) is 3.02. The number of aromatic nitrogens is 3. The van der Waals surface area contributed by atoms with Crippen LogP contribution < -0.4 is 5.32 Å². The van der Waals surface area contributed by atoms with Gasteiger partial charge in [-0.2, -0.15) is 0 Å². The number of rotatable bonds is 7. The highest BCUT2D eigenvalue weighted by Gasteiger charge is 2.23. The summed E-state index contributed by atoms with van der Waals surface area (Å²) in [6, 6.07) is 9.68. The molecule has 1 N–H and O–H groups in total. The summed E-state index contributed by atoms with van der Waals surface area (Å²) in [6.45, 7) is 7.06. The van der Waals surface area contributed by atoms with Crippen molar-refractivity contribution in [3.63, 3.8) is 0 Å². The molecule has 1 aromatic carbocycles. The van der Waals surface area contributed by atoms with Crippen LogP contribution >= 0.6 is 0 Å². The van der Waals surface area contributed by atoms with E-state index in [0.29, 0.717) is 17.6 Å². The minimum absolute atomic E-state index is 0.409. The van der Waals surface area contributed by atoms with Crippen molar-refractivity contribution >= 4 is 10.8 Å². The number of hydrogen-bond donors (Lipinski definition) is 1. The number of nitrogens with one attached hydrogen (secondary N) is 1. The van der Waals surface area contributed by atoms with Crippen LogP contribution in [0.5, 0.6) is 0 Å². The summed E-state index contributed by atoms with van der Waals surface area (Å²) in [5.41, 5.74) is 0. The molecule has 130 valence electrons. The SMILES string of the molecule is CC(C)c1nnc2n1C[C@@H](CNCC[S@](=O)c1ccccc1)CC2. The summed E-state index contributed by atoms with van der Waals surface area (Å²) in [5.74, 6) is 3.88. The zero-order chi connectivity index (χ0) is 16.9. The molecule has 0 saturated carbocycles. The predicted octanol–water partition coefficient (Wildman–Crippen LogP) is 2.36. The first kappa shape index (κ1) is 17.3. The van der Waals surface area contributed by atoms with E-state index in [1.807, 2.05) is 30.3 Å². The molecule has 0 amide bonds. The Morgan fingerprint density at radius 1 is 1.29 bits per heavy atom. The predicted molar refractivity (Wildman–Crippen MR) is 96.5 cm³/mol. The minimum Gasteiger partial charge on any atom is -0.315 e. The van der Waals surface area contributed by atoms with E-state index in [0.717, 1.165) is 49.0 Å². The molecule has 2 atom stereocenters. The lowest BCUT2D eigenvalue weighted by atomic mass is 9.99. The zero-order valence-electron chi connectivity index (χ0n) is 14.4. The van der Waals surface area contributed by atoms with Crippen LogP contribution in [0.25, 0.3) is 0 Å². The fourth-order valence-corrected chi connectivity index (χ4v) is 4.20. The van der Waals surface area contributed by atoms with Gasteiger partial charge >= 0.3 is 0 Å². The molecule has 6 heteroatoms. The first-order valence-corrected chi connectivity index (χ1v) is 10.0. The molecule has 0 radical (unpaired) electrons. The minimum atomic E-state index is -0.917. The van der Waals surface area contributed by atoms with Crippen LogP contribution in [0.2, 0.25) is 0 Å². The van der Waals surface area contributed by atoms with Crippen molar-refractivity contribution in [3.05, 3.63) is 42.0 Å². The van der Waals surface area contributed by atoms with Gasteiger partial charge in [-0.3, -0.25) is 4.21 Å². The van der Waals surface area contributed by atoms with Crippen molar-refractivity contribution in [3.8, 4) is 0 Å². The monoisotopic (exact) mass is 346 g/mol. The molecule has 0 fully saturated rings. The highest BCUT2D eigenvalue weighted by molar-refractivity contribution is 7.85. The van der Waals surface area contributed by atoms with E-state index in [9.17, 15) is 4.21 Å². The van der Waals surface area contributed by atoms with Gasteiger partial charge in [-0.15, -0.1) is 10.2 Å². The topological polar surface area (TPSA) is 59.8 Å². The van der Waals surface area contributed by atoms with Crippen LogP contribution in [0.3, 0.4) is 0 Å². The van der Waals surface area contributed by atoms with Crippen LogP contribution in [0, 0.1) is 5.92 Å². The molecular weight excluding hydrogens is 320 g/mol. The molecule has 5 nitrogen and oxygen atoms in total. The molecule has 1 aliphatic heterocycles. The fourth-order valence-electron chi connectivity index (χ4n) is 3.17. The maximum atomic E-state index is 12.2. The Kier molecular flexibility index (Phi) is 5.79. The van der Waals surface area contributed by atoms with Gasteiger partial charge < -0.3 is 9.88 Å². The Morgan fingerprint density at radius 2 is 2.08 bits per heavy atom. The van der Waals surface area contributed by atoms with Crippen molar-refractivity contribution in [2.75, 3.05) is 18.8 Å². The van der Waals surface area contributed by atoms with Crippen LogP contribution in [0.1, 0.15) is 37.8 Å². The lowest BCUT2D eigenvalue weighted by molar-refractivity contribution is 0.343. The first-order valence-electron chi connectivity index (χ1n) is 8.71. The second-order valence-electron chi connectivity index (χ2n) is 6.71. The van der Waals surface area contributed by atoms with Gasteiger partial charge in [-0.25, -0.2) is 0 Å². The van der Waals surface area contributed by atoms with Crippen molar-refractivity contribution in [1.82, 2.24) is 20.1 Å². The highest BCUT2D eigenvalue weighted by Crippen LogP contribution is 2.23. The molecule has 0 unspecified atom stereocenters. The van der Waals surface area contributed by atoms with E-state index in [1.165, 1.54) is 0 Å². The van der Waals surface area contributed by atoms with Gasteiger partial charge in [-0.1, -0.05) is 32.0 Å². The summed E-state index contributed by atoms with van der Waals surface area (Å²) in [4.78, 5) is 0.910. The molecule has 0 aliphatic carbocycles. The van der Waals surface area contributed by atoms with E-state index < -0.39 is 10.8 Å². The molecule has 24 heavy (non-hydrogen) atoms. The third-order valence-corrected chi connectivity index (χ3v) is 5.87. The number of benzene rings is 1. The lowest BCUT2D eigenvalue weighted by Crippen LogP contribution is -2.32. The Bertz CT molecular complexity index is 684. The van der Waals surface area contributed by atoms with Gasteiger partial charge in [0, 0.05) is 36.1 Å². The second kappa shape index (κ2) is 8.03. The number of fused-ring (bicyclic) bond motifs is 1. The van der Waals surface area contributed by atoms with E-state index in [1.54, 1.807) is 0 Å². The largest absolute Gasteiger partial charge is 0.315 e. The lowest BCUT2D eigenvalue weighted by Gasteiger charge is -2.25. The molecule has 2 aromatic rings. The van der Waals surface area contributed by atoms with Gasteiger partial charge in [0.15, 0.2) is 0 Å². The van der Waals surface area contributed by atoms with Gasteiger partial charge in [0.2, 0.25) is 0 Å². The Hall–Kier alpha value is -1.53. The summed E-state index contributed by atoms with van der Waals surface area (Å²) < 4.78 is 14.5. The number of aryl methyl sites for hydroxylation is 1. The Labute approximate surface area is 146 Å². The quantitative estimate of drug-likeness (QED) is 0.782. The van der Waals surface area contributed by atoms with Crippen LogP contribution in [0.15, 0.2) is 35.2 Å². The van der Waals surface area contributed by atoms with Crippen molar-refractivity contribution in [2.45, 2.75) is 44.0 Å². The third-order valence-electron chi connectivity index (χ3n) is 4.49. The van der Waals surface area contributed by atoms with Crippen molar-refractivity contribution in [1.29, 1.82) is 0 Å². The third kappa shape index (κ3) is 4.11. The Balaban J connectivity index is 1.45. The van der Waals surface area contributed by atoms with Gasteiger partial charge in [0.1, 0.15) is 11.6 Å². The molecule has 3 rings (SSSR count). The maximum Gasteiger partial charge on any atom is 0.135 e. The van der Waals surface area contributed by atoms with Gasteiger partial charge in [-0.05, 0) is 31.0 Å². The molecule has 1 aromatic heterocycles. The van der Waals surface area contributed by atoms with Crippen LogP contribution in [-0.2, 0) is 23.8 Å². The molecule has 0 bridgehead atoms. The van der Waals surface area contributed by atoms with E-state index in [4.69, 9.17) is 0 Å². The summed E-state index contributed by atoms with van der Waals surface area (Å²) in [6.07, 6.45) is 2.15. The van der Waals surface area contributed by atoms with Gasteiger partial charge in [0.05, 0.1) is 10.8 Å². The summed E-state index contributed by atoms with van der Waals surface area (Å²) in [5, 5.41) is 12.1. The summed E-state index contributed by atoms with van der Waals surface area (Å²) >= 11 is 0. The fraction of sp³-hybridized carbons (Fsp3) is 0.556. The zero-order valence-corrected chi connectivity index (χ0v) is 15.3. The smallest absolute Gasteiger partial charge is 0.135 e. The second-order valence-corrected chi connectivity index (χ2v) is 8.28. The van der Waals surface area contributed by atoms with E-state index in [-0.39, 0.29) is 0 Å². The highest BCUT2D eigenvalue weighted by atomic mass is 32.2. The maximum absolute atomic E-state index is 12.2. The number of hydrogen-bond acceptors (Lipinski definition) is 4. The molecule has 2 heterocycles. The van der Waals surface area contributed by atoms with Crippen LogP contribution in [0.4, 0.5) is 0 Å². The summed E-state index contributed by atoms with van der Waals surface area (Å²) in [7, 11) is -0.917. The number of nitrogens with zero attached hydrogens (tertiary/aromatic N) is 3. The molecule has 1 aliphatic rings. The molecular formula is C18H26N4OS. The molecule has 0 saturated heterocycles. The average molecular weight is 347 g/mol. The Morgan fingerprint density at radius 3 is 2.83 bits per heavy atom.